The number of aromatic nitrogens is 2. The molecule has 1 atom stereocenters. The molecule has 1 rings (SSSR count). The highest BCUT2D eigenvalue weighted by atomic mass is 32.2. The van der Waals surface area contributed by atoms with Crippen molar-refractivity contribution in [2.24, 2.45) is 0 Å². The lowest BCUT2D eigenvalue weighted by Crippen LogP contribution is -1.96. The third-order valence-corrected chi connectivity index (χ3v) is 3.10. The van der Waals surface area contributed by atoms with E-state index < -0.39 is 0 Å². The third-order valence-electron chi connectivity index (χ3n) is 1.58. The van der Waals surface area contributed by atoms with E-state index in [1.165, 1.54) is 5.56 Å². The molecule has 66 valence electrons. The van der Waals surface area contributed by atoms with Crippen LogP contribution in [0.5, 0.6) is 0 Å². The topological polar surface area (TPSA) is 25.8 Å². The molecule has 0 saturated heterocycles. The molecule has 0 aromatic carbocycles. The zero-order valence-corrected chi connectivity index (χ0v) is 8.90. The van der Waals surface area contributed by atoms with E-state index in [1.807, 2.05) is 18.6 Å². The van der Waals surface area contributed by atoms with E-state index in [0.717, 1.165) is 12.2 Å². The highest BCUT2D eigenvalue weighted by Crippen LogP contribution is 2.26. The number of thiol groups is 1. The van der Waals surface area contributed by atoms with Gasteiger partial charge in [0.25, 0.3) is 0 Å². The summed E-state index contributed by atoms with van der Waals surface area (Å²) in [5.74, 6) is 0.794. The van der Waals surface area contributed by atoms with E-state index in [2.05, 4.69) is 29.5 Å². The first-order valence-electron chi connectivity index (χ1n) is 3.79. The highest BCUT2D eigenvalue weighted by molar-refractivity contribution is 8.09. The third kappa shape index (κ3) is 2.38. The second-order valence-electron chi connectivity index (χ2n) is 2.39. The quantitative estimate of drug-likeness (QED) is 0.599. The highest BCUT2D eigenvalue weighted by Gasteiger charge is 2.06. The summed E-state index contributed by atoms with van der Waals surface area (Å²) in [4.78, 5) is 8.42. The summed E-state index contributed by atoms with van der Waals surface area (Å²) in [7, 11) is 0. The van der Waals surface area contributed by atoms with Gasteiger partial charge in [0.1, 0.15) is 4.58 Å². The lowest BCUT2D eigenvalue weighted by Gasteiger charge is -2.05. The molecule has 1 aromatic heterocycles. The molecule has 1 aromatic rings. The summed E-state index contributed by atoms with van der Waals surface area (Å²) in [5.41, 5.74) is 1.17. The molecule has 0 N–H and O–H groups in total. The molecule has 0 fully saturated rings. The average molecular weight is 200 g/mol. The number of hydrogen-bond acceptors (Lipinski definition) is 4. The molecule has 1 heterocycles. The average Bonchev–Trinajstić information content (AvgIpc) is 2.17. The maximum Gasteiger partial charge on any atom is 0.150 e. The summed E-state index contributed by atoms with van der Waals surface area (Å²) in [6.07, 6.45) is 6.70. The molecule has 0 aliphatic carbocycles. The van der Waals surface area contributed by atoms with Gasteiger partial charge in [-0.15, -0.1) is 11.8 Å². The van der Waals surface area contributed by atoms with Crippen LogP contribution >= 0.6 is 24.4 Å². The second-order valence-corrected chi connectivity index (χ2v) is 4.20. The van der Waals surface area contributed by atoms with Crippen molar-refractivity contribution in [3.63, 3.8) is 0 Å². The molecule has 0 aliphatic rings. The summed E-state index contributed by atoms with van der Waals surface area (Å²) in [6, 6.07) is 0. The van der Waals surface area contributed by atoms with E-state index in [1.54, 1.807) is 11.8 Å². The van der Waals surface area contributed by atoms with Crippen LogP contribution < -0.4 is 0 Å². The molecule has 12 heavy (non-hydrogen) atoms. The number of aryl methyl sites for hydroxylation is 1. The SMILES string of the molecule is CCc1cnc(C(S)SC)nc1. The van der Waals surface area contributed by atoms with Crippen molar-refractivity contribution in [1.82, 2.24) is 9.97 Å². The number of rotatable bonds is 3. The normalized spacial score (nSPS) is 12.9. The van der Waals surface area contributed by atoms with Crippen LogP contribution in [0.3, 0.4) is 0 Å². The van der Waals surface area contributed by atoms with Crippen LogP contribution in [0.4, 0.5) is 0 Å². The molecule has 0 aliphatic heterocycles. The van der Waals surface area contributed by atoms with Gasteiger partial charge in [-0.05, 0) is 18.2 Å². The predicted molar refractivity (Wildman–Crippen MR) is 56.7 cm³/mol. The fraction of sp³-hybridized carbons (Fsp3) is 0.500. The zero-order chi connectivity index (χ0) is 8.97. The van der Waals surface area contributed by atoms with Gasteiger partial charge < -0.3 is 0 Å². The predicted octanol–water partition coefficient (Wildman–Crippen LogP) is 2.33. The monoisotopic (exact) mass is 200 g/mol. The van der Waals surface area contributed by atoms with Gasteiger partial charge in [0.2, 0.25) is 0 Å². The molecule has 0 bridgehead atoms. The summed E-state index contributed by atoms with van der Waals surface area (Å²) in [6.45, 7) is 2.09. The molecular weight excluding hydrogens is 188 g/mol. The molecule has 4 heteroatoms. The molecule has 0 radical (unpaired) electrons. The summed E-state index contributed by atoms with van der Waals surface area (Å²) < 4.78 is 0.0934. The van der Waals surface area contributed by atoms with Gasteiger partial charge in [-0.2, -0.15) is 12.6 Å². The van der Waals surface area contributed by atoms with Gasteiger partial charge in [-0.25, -0.2) is 9.97 Å². The number of thioether (sulfide) groups is 1. The van der Waals surface area contributed by atoms with Crippen LogP contribution in [0.25, 0.3) is 0 Å². The Morgan fingerprint density at radius 1 is 1.50 bits per heavy atom. The first kappa shape index (κ1) is 9.86. The fourth-order valence-corrected chi connectivity index (χ4v) is 1.25. The molecule has 0 amide bonds. The summed E-state index contributed by atoms with van der Waals surface area (Å²) >= 11 is 5.95. The molecule has 0 spiro atoms. The van der Waals surface area contributed by atoms with E-state index in [0.29, 0.717) is 0 Å². The second kappa shape index (κ2) is 4.72. The van der Waals surface area contributed by atoms with Gasteiger partial charge in [0.05, 0.1) is 0 Å². The molecule has 0 saturated carbocycles. The van der Waals surface area contributed by atoms with Crippen molar-refractivity contribution in [3.05, 3.63) is 23.8 Å². The fourth-order valence-electron chi connectivity index (χ4n) is 0.780. The van der Waals surface area contributed by atoms with Gasteiger partial charge in [0.15, 0.2) is 5.82 Å². The van der Waals surface area contributed by atoms with Crippen molar-refractivity contribution in [3.8, 4) is 0 Å². The Bertz CT molecular complexity index is 235. The summed E-state index contributed by atoms with van der Waals surface area (Å²) in [5, 5.41) is 0. The van der Waals surface area contributed by atoms with Crippen molar-refractivity contribution in [2.45, 2.75) is 17.9 Å². The minimum absolute atomic E-state index is 0.0934. The Morgan fingerprint density at radius 3 is 2.50 bits per heavy atom. The van der Waals surface area contributed by atoms with Crippen LogP contribution in [0.2, 0.25) is 0 Å². The first-order chi connectivity index (χ1) is 5.77. The van der Waals surface area contributed by atoms with Crippen molar-refractivity contribution < 1.29 is 0 Å². The van der Waals surface area contributed by atoms with Crippen LogP contribution in [0.1, 0.15) is 22.9 Å². The van der Waals surface area contributed by atoms with Crippen LogP contribution in [-0.4, -0.2) is 16.2 Å². The van der Waals surface area contributed by atoms with E-state index >= 15 is 0 Å². The van der Waals surface area contributed by atoms with Crippen molar-refractivity contribution >= 4 is 24.4 Å². The largest absolute Gasteiger partial charge is 0.239 e. The Balaban J connectivity index is 2.77. The van der Waals surface area contributed by atoms with E-state index in [-0.39, 0.29) is 4.58 Å². The lowest BCUT2D eigenvalue weighted by atomic mass is 10.3. The lowest BCUT2D eigenvalue weighted by molar-refractivity contribution is 0.974. The zero-order valence-electron chi connectivity index (χ0n) is 7.19. The van der Waals surface area contributed by atoms with Crippen molar-refractivity contribution in [1.29, 1.82) is 0 Å². The Hall–Kier alpha value is -0.220. The molecule has 1 unspecified atom stereocenters. The Labute approximate surface area is 82.6 Å². The van der Waals surface area contributed by atoms with Crippen LogP contribution in [-0.2, 0) is 6.42 Å². The minimum Gasteiger partial charge on any atom is -0.239 e. The maximum absolute atomic E-state index is 4.32. The minimum atomic E-state index is 0.0934. The van der Waals surface area contributed by atoms with Crippen LogP contribution in [0, 0.1) is 0 Å². The maximum atomic E-state index is 4.32. The van der Waals surface area contributed by atoms with Crippen LogP contribution in [0.15, 0.2) is 12.4 Å². The molecular formula is C8H12N2S2. The first-order valence-corrected chi connectivity index (χ1v) is 5.60. The van der Waals surface area contributed by atoms with Crippen molar-refractivity contribution in [2.75, 3.05) is 6.26 Å². The Morgan fingerprint density at radius 2 is 2.08 bits per heavy atom. The van der Waals surface area contributed by atoms with E-state index in [9.17, 15) is 0 Å². The standard InChI is InChI=1S/C8H12N2S2/c1-3-6-4-9-7(10-5-6)8(11)12-2/h4-5,8,11H,3H2,1-2H3. The van der Waals surface area contributed by atoms with Gasteiger partial charge in [-0.3, -0.25) is 0 Å². The number of hydrogen-bond donors (Lipinski definition) is 1. The Kier molecular flexibility index (Phi) is 3.88. The molecule has 2 nitrogen and oxygen atoms in total. The number of nitrogens with zero attached hydrogens (tertiary/aromatic N) is 2. The van der Waals surface area contributed by atoms with Gasteiger partial charge >= 0.3 is 0 Å². The van der Waals surface area contributed by atoms with E-state index in [4.69, 9.17) is 0 Å². The van der Waals surface area contributed by atoms with Gasteiger partial charge in [0, 0.05) is 12.4 Å². The van der Waals surface area contributed by atoms with Gasteiger partial charge in [-0.1, -0.05) is 6.92 Å². The smallest absolute Gasteiger partial charge is 0.150 e.